The van der Waals surface area contributed by atoms with Gasteiger partial charge in [-0.05, 0) is 20.3 Å². The second-order valence-corrected chi connectivity index (χ2v) is 3.06. The summed E-state index contributed by atoms with van der Waals surface area (Å²) in [4.78, 5) is 10.8. The van der Waals surface area contributed by atoms with Crippen molar-refractivity contribution in [2.45, 2.75) is 25.8 Å². The predicted octanol–water partition coefficient (Wildman–Crippen LogP) is 0.0764. The summed E-state index contributed by atoms with van der Waals surface area (Å²) in [5.74, 6) is 0. The van der Waals surface area contributed by atoms with Gasteiger partial charge in [0.15, 0.2) is 0 Å². The number of hydrogen-bond donors (Lipinski definition) is 3. The third-order valence-electron chi connectivity index (χ3n) is 1.42. The van der Waals surface area contributed by atoms with Crippen LogP contribution >= 0.6 is 0 Å². The SMILES string of the molecule is CNC(=O)NC(C)(C)CCO. The Balaban J connectivity index is 3.80. The zero-order chi connectivity index (χ0) is 8.91. The molecule has 0 atom stereocenters. The second-order valence-electron chi connectivity index (χ2n) is 3.06. The molecule has 0 saturated carbocycles. The van der Waals surface area contributed by atoms with Crippen molar-refractivity contribution in [2.24, 2.45) is 0 Å². The minimum absolute atomic E-state index is 0.0804. The van der Waals surface area contributed by atoms with Crippen LogP contribution in [0.3, 0.4) is 0 Å². The molecule has 4 heteroatoms. The van der Waals surface area contributed by atoms with Gasteiger partial charge in [0.05, 0.1) is 0 Å². The Morgan fingerprint density at radius 1 is 1.55 bits per heavy atom. The predicted molar refractivity (Wildman–Crippen MR) is 43.4 cm³/mol. The molecule has 0 unspecified atom stereocenters. The van der Waals surface area contributed by atoms with E-state index in [0.29, 0.717) is 6.42 Å². The van der Waals surface area contributed by atoms with Crippen LogP contribution in [0.2, 0.25) is 0 Å². The van der Waals surface area contributed by atoms with Crippen molar-refractivity contribution in [1.82, 2.24) is 10.6 Å². The summed E-state index contributed by atoms with van der Waals surface area (Å²) in [6.45, 7) is 3.80. The molecule has 4 nitrogen and oxygen atoms in total. The normalized spacial score (nSPS) is 10.9. The van der Waals surface area contributed by atoms with Gasteiger partial charge >= 0.3 is 6.03 Å². The number of carbonyl (C=O) groups excluding carboxylic acids is 1. The molecule has 0 fully saturated rings. The number of nitrogens with one attached hydrogen (secondary N) is 2. The Bertz CT molecular complexity index is 134. The summed E-state index contributed by atoms with van der Waals surface area (Å²) in [6, 6.07) is -0.219. The maximum atomic E-state index is 10.8. The summed E-state index contributed by atoms with van der Waals surface area (Å²) in [7, 11) is 1.56. The molecule has 0 spiro atoms. The highest BCUT2D eigenvalue weighted by Gasteiger charge is 2.18. The standard InChI is InChI=1S/C7H16N2O2/c1-7(2,4-5-10)9-6(11)8-3/h10H,4-5H2,1-3H3,(H2,8,9,11). The second kappa shape index (κ2) is 4.18. The molecule has 0 aliphatic carbocycles. The number of amides is 2. The summed E-state index contributed by atoms with van der Waals surface area (Å²) in [5.41, 5.74) is -0.338. The minimum Gasteiger partial charge on any atom is -0.396 e. The van der Waals surface area contributed by atoms with E-state index < -0.39 is 0 Å². The van der Waals surface area contributed by atoms with Gasteiger partial charge in [0.2, 0.25) is 0 Å². The molecule has 0 aliphatic rings. The lowest BCUT2D eigenvalue weighted by atomic mass is 10.0. The molecule has 66 valence electrons. The van der Waals surface area contributed by atoms with E-state index in [1.165, 1.54) is 0 Å². The van der Waals surface area contributed by atoms with Crippen LogP contribution < -0.4 is 10.6 Å². The molecule has 0 bridgehead atoms. The van der Waals surface area contributed by atoms with Gasteiger partial charge in [-0.3, -0.25) is 0 Å². The van der Waals surface area contributed by atoms with Crippen LogP contribution in [-0.2, 0) is 0 Å². The van der Waals surface area contributed by atoms with E-state index in [-0.39, 0.29) is 18.2 Å². The number of urea groups is 1. The summed E-state index contributed by atoms with van der Waals surface area (Å²) < 4.78 is 0. The van der Waals surface area contributed by atoms with Crippen LogP contribution in [0.25, 0.3) is 0 Å². The Morgan fingerprint density at radius 2 is 2.09 bits per heavy atom. The molecule has 0 aromatic carbocycles. The number of aliphatic hydroxyl groups is 1. The highest BCUT2D eigenvalue weighted by Crippen LogP contribution is 2.05. The number of hydrogen-bond acceptors (Lipinski definition) is 2. The maximum absolute atomic E-state index is 10.8. The molecular formula is C7H16N2O2. The Morgan fingerprint density at radius 3 is 2.45 bits per heavy atom. The van der Waals surface area contributed by atoms with Crippen LogP contribution in [0.15, 0.2) is 0 Å². The van der Waals surface area contributed by atoms with Gasteiger partial charge in [0.1, 0.15) is 0 Å². The van der Waals surface area contributed by atoms with Crippen molar-refractivity contribution in [3.63, 3.8) is 0 Å². The topological polar surface area (TPSA) is 61.4 Å². The third kappa shape index (κ3) is 4.61. The van der Waals surface area contributed by atoms with E-state index in [1.54, 1.807) is 7.05 Å². The highest BCUT2D eigenvalue weighted by atomic mass is 16.3. The van der Waals surface area contributed by atoms with Gasteiger partial charge in [-0.25, -0.2) is 4.79 Å². The average molecular weight is 160 g/mol. The Labute approximate surface area is 67.0 Å². The molecule has 11 heavy (non-hydrogen) atoms. The number of aliphatic hydroxyl groups excluding tert-OH is 1. The van der Waals surface area contributed by atoms with Crippen LogP contribution in [-0.4, -0.2) is 30.3 Å². The Kier molecular flexibility index (Phi) is 3.89. The fourth-order valence-corrected chi connectivity index (χ4v) is 0.712. The van der Waals surface area contributed by atoms with Gasteiger partial charge in [0, 0.05) is 19.2 Å². The molecule has 0 aromatic rings. The van der Waals surface area contributed by atoms with Crippen LogP contribution in [0.4, 0.5) is 4.79 Å². The van der Waals surface area contributed by atoms with Gasteiger partial charge in [-0.1, -0.05) is 0 Å². The molecular weight excluding hydrogens is 144 g/mol. The minimum atomic E-state index is -0.338. The number of carbonyl (C=O) groups is 1. The van der Waals surface area contributed by atoms with Gasteiger partial charge in [0.25, 0.3) is 0 Å². The van der Waals surface area contributed by atoms with Crippen LogP contribution in [0.1, 0.15) is 20.3 Å². The van der Waals surface area contributed by atoms with Crippen molar-refractivity contribution in [1.29, 1.82) is 0 Å². The first-order chi connectivity index (χ1) is 5.02. The number of rotatable bonds is 3. The van der Waals surface area contributed by atoms with Gasteiger partial charge in [-0.15, -0.1) is 0 Å². The molecule has 2 amide bonds. The van der Waals surface area contributed by atoms with E-state index in [1.807, 2.05) is 13.8 Å². The van der Waals surface area contributed by atoms with Crippen molar-refractivity contribution in [2.75, 3.05) is 13.7 Å². The molecule has 0 aliphatic heterocycles. The van der Waals surface area contributed by atoms with Gasteiger partial charge in [-0.2, -0.15) is 0 Å². The zero-order valence-electron chi connectivity index (χ0n) is 7.27. The molecule has 0 radical (unpaired) electrons. The average Bonchev–Trinajstić information content (AvgIpc) is 1.86. The first kappa shape index (κ1) is 10.2. The lowest BCUT2D eigenvalue weighted by molar-refractivity contribution is 0.212. The summed E-state index contributed by atoms with van der Waals surface area (Å²) >= 11 is 0. The molecule has 0 aromatic heterocycles. The summed E-state index contributed by atoms with van der Waals surface area (Å²) in [5, 5.41) is 13.8. The van der Waals surface area contributed by atoms with Gasteiger partial charge < -0.3 is 15.7 Å². The lowest BCUT2D eigenvalue weighted by Crippen LogP contribution is -2.47. The highest BCUT2D eigenvalue weighted by molar-refractivity contribution is 5.74. The lowest BCUT2D eigenvalue weighted by Gasteiger charge is -2.24. The third-order valence-corrected chi connectivity index (χ3v) is 1.42. The molecule has 0 heterocycles. The quantitative estimate of drug-likeness (QED) is 0.547. The van der Waals surface area contributed by atoms with Crippen molar-refractivity contribution >= 4 is 6.03 Å². The van der Waals surface area contributed by atoms with E-state index in [2.05, 4.69) is 10.6 Å². The van der Waals surface area contributed by atoms with Crippen molar-refractivity contribution in [3.05, 3.63) is 0 Å². The fourth-order valence-electron chi connectivity index (χ4n) is 0.712. The van der Waals surface area contributed by atoms with E-state index in [9.17, 15) is 4.79 Å². The fraction of sp³-hybridized carbons (Fsp3) is 0.857. The smallest absolute Gasteiger partial charge is 0.314 e. The largest absolute Gasteiger partial charge is 0.396 e. The molecule has 0 saturated heterocycles. The molecule has 0 rings (SSSR count). The molecule has 3 N–H and O–H groups in total. The van der Waals surface area contributed by atoms with Crippen molar-refractivity contribution in [3.8, 4) is 0 Å². The summed E-state index contributed by atoms with van der Waals surface area (Å²) in [6.07, 6.45) is 0.556. The first-order valence-electron chi connectivity index (χ1n) is 3.62. The van der Waals surface area contributed by atoms with E-state index in [4.69, 9.17) is 5.11 Å². The maximum Gasteiger partial charge on any atom is 0.314 e. The Hall–Kier alpha value is -0.770. The first-order valence-corrected chi connectivity index (χ1v) is 3.62. The monoisotopic (exact) mass is 160 g/mol. The zero-order valence-corrected chi connectivity index (χ0v) is 7.27. The van der Waals surface area contributed by atoms with Crippen molar-refractivity contribution < 1.29 is 9.90 Å². The van der Waals surface area contributed by atoms with E-state index in [0.717, 1.165) is 0 Å². The van der Waals surface area contributed by atoms with Crippen LogP contribution in [0.5, 0.6) is 0 Å². The van der Waals surface area contributed by atoms with E-state index >= 15 is 0 Å². The van der Waals surface area contributed by atoms with Crippen LogP contribution in [0, 0.1) is 0 Å².